The molecule has 0 fully saturated rings. The maximum Gasteiger partial charge on any atom is 0.0675 e. The minimum atomic E-state index is 0.281. The summed E-state index contributed by atoms with van der Waals surface area (Å²) in [5.74, 6) is 0.705. The summed E-state index contributed by atoms with van der Waals surface area (Å²) >= 11 is 1.79. The van der Waals surface area contributed by atoms with Crippen LogP contribution in [0.15, 0.2) is 17.5 Å². The van der Waals surface area contributed by atoms with Gasteiger partial charge in [0.2, 0.25) is 0 Å². The Morgan fingerprint density at radius 3 is 2.59 bits per heavy atom. The molecule has 2 unspecified atom stereocenters. The van der Waals surface area contributed by atoms with Gasteiger partial charge in [-0.2, -0.15) is 0 Å². The van der Waals surface area contributed by atoms with Crippen LogP contribution in [0.5, 0.6) is 0 Å². The van der Waals surface area contributed by atoms with Crippen molar-refractivity contribution in [2.75, 3.05) is 6.54 Å². The number of thiophene rings is 1. The molecule has 3 heteroatoms. The van der Waals surface area contributed by atoms with Gasteiger partial charge in [-0.15, -0.1) is 11.3 Å². The van der Waals surface area contributed by atoms with Crippen molar-refractivity contribution >= 4 is 11.3 Å². The SMILES string of the molecule is CC(C)CC(C)OC(C)CNCc1cccs1. The second-order valence-corrected chi connectivity index (χ2v) is 6.13. The molecule has 1 aromatic rings. The molecule has 0 saturated carbocycles. The molecule has 0 radical (unpaired) electrons. The highest BCUT2D eigenvalue weighted by atomic mass is 32.1. The molecule has 1 heterocycles. The van der Waals surface area contributed by atoms with Gasteiger partial charge in [-0.1, -0.05) is 19.9 Å². The summed E-state index contributed by atoms with van der Waals surface area (Å²) in [6.45, 7) is 10.6. The molecule has 0 aromatic carbocycles. The topological polar surface area (TPSA) is 21.3 Å². The van der Waals surface area contributed by atoms with Crippen LogP contribution in [0.4, 0.5) is 0 Å². The lowest BCUT2D eigenvalue weighted by atomic mass is 10.1. The maximum atomic E-state index is 5.92. The number of rotatable bonds is 8. The molecule has 0 bridgehead atoms. The molecular weight excluding hydrogens is 230 g/mol. The summed E-state index contributed by atoms with van der Waals surface area (Å²) < 4.78 is 5.92. The first-order valence-electron chi connectivity index (χ1n) is 6.46. The van der Waals surface area contributed by atoms with Crippen molar-refractivity contribution in [3.8, 4) is 0 Å². The Hall–Kier alpha value is -0.380. The van der Waals surface area contributed by atoms with Gasteiger partial charge in [0.25, 0.3) is 0 Å². The van der Waals surface area contributed by atoms with Crippen molar-refractivity contribution in [2.24, 2.45) is 5.92 Å². The van der Waals surface area contributed by atoms with Crippen molar-refractivity contribution < 1.29 is 4.74 Å². The van der Waals surface area contributed by atoms with Gasteiger partial charge in [0.15, 0.2) is 0 Å². The molecule has 0 saturated heterocycles. The Labute approximate surface area is 109 Å². The van der Waals surface area contributed by atoms with E-state index in [9.17, 15) is 0 Å². The van der Waals surface area contributed by atoms with Gasteiger partial charge < -0.3 is 10.1 Å². The first-order valence-corrected chi connectivity index (χ1v) is 7.34. The van der Waals surface area contributed by atoms with E-state index < -0.39 is 0 Å². The Morgan fingerprint density at radius 2 is 2.00 bits per heavy atom. The van der Waals surface area contributed by atoms with E-state index in [0.717, 1.165) is 19.5 Å². The summed E-state index contributed by atoms with van der Waals surface area (Å²) in [5.41, 5.74) is 0. The highest BCUT2D eigenvalue weighted by molar-refractivity contribution is 7.09. The van der Waals surface area contributed by atoms with Crippen LogP contribution in [0.1, 0.15) is 39.0 Å². The fourth-order valence-corrected chi connectivity index (χ4v) is 2.65. The second kappa shape index (κ2) is 7.85. The Balaban J connectivity index is 2.10. The largest absolute Gasteiger partial charge is 0.374 e. The number of ether oxygens (including phenoxy) is 1. The predicted octanol–water partition coefficient (Wildman–Crippen LogP) is 3.68. The molecule has 0 aliphatic carbocycles. The molecular formula is C14H25NOS. The molecule has 0 aliphatic heterocycles. The fourth-order valence-electron chi connectivity index (χ4n) is 1.98. The van der Waals surface area contributed by atoms with E-state index in [1.807, 2.05) is 0 Å². The lowest BCUT2D eigenvalue weighted by Crippen LogP contribution is -2.29. The number of hydrogen-bond acceptors (Lipinski definition) is 3. The average Bonchev–Trinajstić information content (AvgIpc) is 2.68. The smallest absolute Gasteiger partial charge is 0.0675 e. The quantitative estimate of drug-likeness (QED) is 0.765. The van der Waals surface area contributed by atoms with Crippen LogP contribution in [0.3, 0.4) is 0 Å². The summed E-state index contributed by atoms with van der Waals surface area (Å²) in [6, 6.07) is 4.25. The number of nitrogens with one attached hydrogen (secondary N) is 1. The molecule has 1 N–H and O–H groups in total. The zero-order valence-corrected chi connectivity index (χ0v) is 12.2. The lowest BCUT2D eigenvalue weighted by Gasteiger charge is -2.20. The molecule has 17 heavy (non-hydrogen) atoms. The average molecular weight is 255 g/mol. The fraction of sp³-hybridized carbons (Fsp3) is 0.714. The van der Waals surface area contributed by atoms with Crippen LogP contribution in [0.2, 0.25) is 0 Å². The summed E-state index contributed by atoms with van der Waals surface area (Å²) in [6.07, 6.45) is 1.77. The molecule has 98 valence electrons. The van der Waals surface area contributed by atoms with Crippen molar-refractivity contribution in [2.45, 2.75) is 52.9 Å². The standard InChI is InChI=1S/C14H25NOS/c1-11(2)8-12(3)16-13(4)9-15-10-14-6-5-7-17-14/h5-7,11-13,15H,8-10H2,1-4H3. The summed E-state index contributed by atoms with van der Waals surface area (Å²) in [7, 11) is 0. The van der Waals surface area contributed by atoms with E-state index in [2.05, 4.69) is 50.5 Å². The van der Waals surface area contributed by atoms with Gasteiger partial charge in [-0.3, -0.25) is 0 Å². The van der Waals surface area contributed by atoms with Crippen molar-refractivity contribution in [1.29, 1.82) is 0 Å². The summed E-state index contributed by atoms with van der Waals surface area (Å²) in [5, 5.41) is 5.54. The van der Waals surface area contributed by atoms with E-state index in [1.165, 1.54) is 4.88 Å². The van der Waals surface area contributed by atoms with Crippen LogP contribution in [-0.2, 0) is 11.3 Å². The van der Waals surface area contributed by atoms with Crippen LogP contribution in [-0.4, -0.2) is 18.8 Å². The highest BCUT2D eigenvalue weighted by Gasteiger charge is 2.09. The van der Waals surface area contributed by atoms with E-state index >= 15 is 0 Å². The zero-order valence-electron chi connectivity index (χ0n) is 11.4. The molecule has 2 nitrogen and oxygen atoms in total. The van der Waals surface area contributed by atoms with Gasteiger partial charge in [0, 0.05) is 18.0 Å². The Bertz CT molecular complexity index is 284. The third-order valence-corrected chi connectivity index (χ3v) is 3.46. The molecule has 2 atom stereocenters. The third-order valence-electron chi connectivity index (χ3n) is 2.58. The van der Waals surface area contributed by atoms with Crippen molar-refractivity contribution in [3.05, 3.63) is 22.4 Å². The Kier molecular flexibility index (Phi) is 6.78. The van der Waals surface area contributed by atoms with Crippen LogP contribution < -0.4 is 5.32 Å². The number of hydrogen-bond donors (Lipinski definition) is 1. The van der Waals surface area contributed by atoms with Gasteiger partial charge in [0.05, 0.1) is 12.2 Å². The van der Waals surface area contributed by atoms with Crippen LogP contribution in [0, 0.1) is 5.92 Å². The minimum absolute atomic E-state index is 0.281. The second-order valence-electron chi connectivity index (χ2n) is 5.10. The zero-order chi connectivity index (χ0) is 12.7. The first kappa shape index (κ1) is 14.7. The highest BCUT2D eigenvalue weighted by Crippen LogP contribution is 2.10. The van der Waals surface area contributed by atoms with Gasteiger partial charge in [-0.05, 0) is 37.6 Å². The van der Waals surface area contributed by atoms with E-state index in [-0.39, 0.29) is 6.10 Å². The third kappa shape index (κ3) is 6.81. The van der Waals surface area contributed by atoms with E-state index in [0.29, 0.717) is 12.0 Å². The molecule has 1 rings (SSSR count). The lowest BCUT2D eigenvalue weighted by molar-refractivity contribution is -0.00116. The molecule has 0 spiro atoms. The predicted molar refractivity (Wildman–Crippen MR) is 75.5 cm³/mol. The van der Waals surface area contributed by atoms with Gasteiger partial charge in [-0.25, -0.2) is 0 Å². The first-order chi connectivity index (χ1) is 8.08. The van der Waals surface area contributed by atoms with Crippen molar-refractivity contribution in [1.82, 2.24) is 5.32 Å². The normalized spacial score (nSPS) is 15.1. The van der Waals surface area contributed by atoms with E-state index in [1.54, 1.807) is 11.3 Å². The monoisotopic (exact) mass is 255 g/mol. The molecule has 0 aliphatic rings. The summed E-state index contributed by atoms with van der Waals surface area (Å²) in [4.78, 5) is 1.38. The van der Waals surface area contributed by atoms with Gasteiger partial charge in [0.1, 0.15) is 0 Å². The van der Waals surface area contributed by atoms with E-state index in [4.69, 9.17) is 4.74 Å². The van der Waals surface area contributed by atoms with Crippen LogP contribution in [0.25, 0.3) is 0 Å². The van der Waals surface area contributed by atoms with Gasteiger partial charge >= 0.3 is 0 Å². The minimum Gasteiger partial charge on any atom is -0.374 e. The molecule has 1 aromatic heterocycles. The van der Waals surface area contributed by atoms with Crippen molar-refractivity contribution in [3.63, 3.8) is 0 Å². The van der Waals surface area contributed by atoms with Crippen LogP contribution >= 0.6 is 11.3 Å². The maximum absolute atomic E-state index is 5.92. The molecule has 0 amide bonds. The Morgan fingerprint density at radius 1 is 1.24 bits per heavy atom.